The van der Waals surface area contributed by atoms with Gasteiger partial charge in [-0.15, -0.1) is 0 Å². The van der Waals surface area contributed by atoms with Crippen LogP contribution in [0.5, 0.6) is 5.75 Å². The SMILES string of the molecule is Cc1cc(C)cc(OCCn2c([C@H](C)NC(=O)c3ccco3)nc3ccccc32)c1. The number of aryl methyl sites for hydroxylation is 2. The molecular weight excluding hydrogens is 378 g/mol. The summed E-state index contributed by atoms with van der Waals surface area (Å²) in [5.74, 6) is 1.65. The van der Waals surface area contributed by atoms with Gasteiger partial charge in [0.1, 0.15) is 18.2 Å². The largest absolute Gasteiger partial charge is 0.492 e. The number of carbonyl (C=O) groups excluding carboxylic acids is 1. The molecule has 1 N–H and O–H groups in total. The number of nitrogens with zero attached hydrogens (tertiary/aromatic N) is 2. The van der Waals surface area contributed by atoms with Crippen molar-refractivity contribution < 1.29 is 13.9 Å². The van der Waals surface area contributed by atoms with Gasteiger partial charge >= 0.3 is 0 Å². The molecule has 2 heterocycles. The molecule has 0 aliphatic carbocycles. The van der Waals surface area contributed by atoms with E-state index in [1.807, 2.05) is 43.3 Å². The Labute approximate surface area is 175 Å². The molecule has 30 heavy (non-hydrogen) atoms. The van der Waals surface area contributed by atoms with Gasteiger partial charge in [0.25, 0.3) is 5.91 Å². The fourth-order valence-corrected chi connectivity index (χ4v) is 3.67. The molecule has 0 unspecified atom stereocenters. The number of furan rings is 1. The number of imidazole rings is 1. The average molecular weight is 403 g/mol. The Bertz CT molecular complexity index is 1140. The highest BCUT2D eigenvalue weighted by atomic mass is 16.5. The second-order valence-electron chi connectivity index (χ2n) is 7.45. The molecule has 0 fully saturated rings. The number of hydrogen-bond donors (Lipinski definition) is 1. The van der Waals surface area contributed by atoms with Gasteiger partial charge in [0.15, 0.2) is 5.76 Å². The van der Waals surface area contributed by atoms with Crippen LogP contribution in [0.4, 0.5) is 0 Å². The number of nitrogens with one attached hydrogen (secondary N) is 1. The van der Waals surface area contributed by atoms with Crippen LogP contribution in [0.1, 0.15) is 40.5 Å². The Hall–Kier alpha value is -3.54. The normalized spacial score (nSPS) is 12.1. The molecule has 0 aliphatic rings. The van der Waals surface area contributed by atoms with Gasteiger partial charge < -0.3 is 19.0 Å². The van der Waals surface area contributed by atoms with Crippen molar-refractivity contribution in [3.63, 3.8) is 0 Å². The number of aromatic nitrogens is 2. The van der Waals surface area contributed by atoms with Crippen LogP contribution >= 0.6 is 0 Å². The highest BCUT2D eigenvalue weighted by Crippen LogP contribution is 2.22. The molecule has 0 bridgehead atoms. The van der Waals surface area contributed by atoms with Gasteiger partial charge in [-0.3, -0.25) is 4.79 Å². The van der Waals surface area contributed by atoms with Crippen LogP contribution in [0.15, 0.2) is 65.3 Å². The summed E-state index contributed by atoms with van der Waals surface area (Å²) >= 11 is 0. The van der Waals surface area contributed by atoms with Gasteiger partial charge in [0.2, 0.25) is 0 Å². The van der Waals surface area contributed by atoms with E-state index in [9.17, 15) is 4.79 Å². The number of para-hydroxylation sites is 2. The average Bonchev–Trinajstić information content (AvgIpc) is 3.36. The number of ether oxygens (including phenoxy) is 1. The minimum atomic E-state index is -0.295. The van der Waals surface area contributed by atoms with E-state index in [1.165, 1.54) is 17.4 Å². The van der Waals surface area contributed by atoms with Crippen molar-refractivity contribution in [2.45, 2.75) is 33.4 Å². The lowest BCUT2D eigenvalue weighted by Crippen LogP contribution is -2.28. The van der Waals surface area contributed by atoms with Crippen molar-refractivity contribution in [1.82, 2.24) is 14.9 Å². The highest BCUT2D eigenvalue weighted by molar-refractivity contribution is 5.91. The van der Waals surface area contributed by atoms with Crippen molar-refractivity contribution in [3.05, 3.63) is 83.6 Å². The van der Waals surface area contributed by atoms with E-state index in [0.717, 1.165) is 22.6 Å². The summed E-state index contributed by atoms with van der Waals surface area (Å²) in [7, 11) is 0. The monoisotopic (exact) mass is 403 g/mol. The Morgan fingerprint density at radius 2 is 1.90 bits per heavy atom. The number of hydrogen-bond acceptors (Lipinski definition) is 4. The molecule has 154 valence electrons. The molecule has 1 atom stereocenters. The molecule has 0 aliphatic heterocycles. The van der Waals surface area contributed by atoms with Gasteiger partial charge in [-0.1, -0.05) is 18.2 Å². The summed E-state index contributed by atoms with van der Waals surface area (Å²) in [4.78, 5) is 17.2. The van der Waals surface area contributed by atoms with Crippen LogP contribution in [0, 0.1) is 13.8 Å². The van der Waals surface area contributed by atoms with E-state index < -0.39 is 0 Å². The standard InChI is InChI=1S/C24H25N3O3/c1-16-13-17(2)15-19(14-16)29-12-10-27-21-8-5-4-7-20(21)26-23(27)18(3)25-24(28)22-9-6-11-30-22/h4-9,11,13-15,18H,10,12H2,1-3H3,(H,25,28)/t18-/m0/s1. The van der Waals surface area contributed by atoms with E-state index in [2.05, 4.69) is 29.8 Å². The molecule has 4 rings (SSSR count). The minimum absolute atomic E-state index is 0.266. The van der Waals surface area contributed by atoms with E-state index in [-0.39, 0.29) is 17.7 Å². The highest BCUT2D eigenvalue weighted by Gasteiger charge is 2.20. The van der Waals surface area contributed by atoms with E-state index in [1.54, 1.807) is 12.1 Å². The minimum Gasteiger partial charge on any atom is -0.492 e. The molecule has 0 saturated carbocycles. The zero-order valence-electron chi connectivity index (χ0n) is 17.4. The predicted octanol–water partition coefficient (Wildman–Crippen LogP) is 4.82. The van der Waals surface area contributed by atoms with Crippen LogP contribution in [-0.4, -0.2) is 22.1 Å². The lowest BCUT2D eigenvalue weighted by atomic mass is 10.1. The molecule has 0 spiro atoms. The zero-order valence-corrected chi connectivity index (χ0v) is 17.4. The Morgan fingerprint density at radius 1 is 1.13 bits per heavy atom. The van der Waals surface area contributed by atoms with Crippen LogP contribution in [0.3, 0.4) is 0 Å². The fourth-order valence-electron chi connectivity index (χ4n) is 3.67. The van der Waals surface area contributed by atoms with E-state index in [0.29, 0.717) is 13.2 Å². The number of benzene rings is 2. The Balaban J connectivity index is 1.54. The van der Waals surface area contributed by atoms with Crippen molar-refractivity contribution in [2.24, 2.45) is 0 Å². The van der Waals surface area contributed by atoms with Gasteiger partial charge in [-0.05, 0) is 68.3 Å². The first-order valence-corrected chi connectivity index (χ1v) is 10.0. The van der Waals surface area contributed by atoms with Gasteiger partial charge in [0.05, 0.1) is 29.9 Å². The third kappa shape index (κ3) is 4.22. The zero-order chi connectivity index (χ0) is 21.1. The molecular formula is C24H25N3O3. The lowest BCUT2D eigenvalue weighted by Gasteiger charge is -2.16. The molecule has 2 aromatic carbocycles. The third-order valence-electron chi connectivity index (χ3n) is 4.94. The van der Waals surface area contributed by atoms with Crippen LogP contribution in [0.2, 0.25) is 0 Å². The molecule has 0 radical (unpaired) electrons. The van der Waals surface area contributed by atoms with Crippen molar-refractivity contribution in [3.8, 4) is 5.75 Å². The van der Waals surface area contributed by atoms with Gasteiger partial charge in [-0.25, -0.2) is 4.98 Å². The van der Waals surface area contributed by atoms with E-state index >= 15 is 0 Å². The van der Waals surface area contributed by atoms with Crippen LogP contribution in [0.25, 0.3) is 11.0 Å². The fraction of sp³-hybridized carbons (Fsp3) is 0.250. The number of carbonyl (C=O) groups is 1. The topological polar surface area (TPSA) is 69.3 Å². The smallest absolute Gasteiger partial charge is 0.287 e. The summed E-state index contributed by atoms with van der Waals surface area (Å²) in [5, 5.41) is 2.97. The van der Waals surface area contributed by atoms with Crippen LogP contribution in [-0.2, 0) is 6.54 Å². The number of fused-ring (bicyclic) bond motifs is 1. The maximum Gasteiger partial charge on any atom is 0.287 e. The second-order valence-corrected chi connectivity index (χ2v) is 7.45. The number of rotatable bonds is 7. The molecule has 1 amide bonds. The van der Waals surface area contributed by atoms with Gasteiger partial charge in [-0.2, -0.15) is 0 Å². The Morgan fingerprint density at radius 3 is 2.63 bits per heavy atom. The lowest BCUT2D eigenvalue weighted by molar-refractivity contribution is 0.0909. The molecule has 0 saturated heterocycles. The summed E-state index contributed by atoms with van der Waals surface area (Å²) in [6, 6.07) is 17.2. The third-order valence-corrected chi connectivity index (χ3v) is 4.94. The first-order chi connectivity index (χ1) is 14.5. The molecule has 6 nitrogen and oxygen atoms in total. The summed E-state index contributed by atoms with van der Waals surface area (Å²) < 4.78 is 13.3. The van der Waals surface area contributed by atoms with E-state index in [4.69, 9.17) is 14.1 Å². The number of amides is 1. The molecule has 6 heteroatoms. The maximum atomic E-state index is 12.4. The summed E-state index contributed by atoms with van der Waals surface area (Å²) in [6.07, 6.45) is 1.49. The van der Waals surface area contributed by atoms with Crippen LogP contribution < -0.4 is 10.1 Å². The summed E-state index contributed by atoms with van der Waals surface area (Å²) in [6.45, 7) is 7.15. The molecule has 4 aromatic rings. The second kappa shape index (κ2) is 8.45. The first-order valence-electron chi connectivity index (χ1n) is 10.0. The first kappa shape index (κ1) is 19.8. The summed E-state index contributed by atoms with van der Waals surface area (Å²) in [5.41, 5.74) is 4.25. The molecule has 2 aromatic heterocycles. The van der Waals surface area contributed by atoms with Gasteiger partial charge in [0, 0.05) is 0 Å². The predicted molar refractivity (Wildman–Crippen MR) is 116 cm³/mol. The quantitative estimate of drug-likeness (QED) is 0.480. The van der Waals surface area contributed by atoms with Crippen molar-refractivity contribution >= 4 is 16.9 Å². The van der Waals surface area contributed by atoms with Crippen molar-refractivity contribution in [2.75, 3.05) is 6.61 Å². The maximum absolute atomic E-state index is 12.4. The Kier molecular flexibility index (Phi) is 5.57. The van der Waals surface area contributed by atoms with Crippen molar-refractivity contribution in [1.29, 1.82) is 0 Å².